The highest BCUT2D eigenvalue weighted by Gasteiger charge is 2.37. The number of hydrogen-bond acceptors (Lipinski definition) is 6. The SMILES string of the molecule is C=CCN(C(=O)C(NC(=O)OC(C)(C)C)C(C)C)C(C(=O)NCC(=O)OC)c1ccc(C)c(C)c1. The molecule has 0 spiro atoms. The number of ether oxygens (including phenoxy) is 2. The number of nitrogens with one attached hydrogen (secondary N) is 2. The molecule has 3 amide bonds. The Balaban J connectivity index is 3.45. The van der Waals surface area contributed by atoms with Gasteiger partial charge in [0.25, 0.3) is 0 Å². The van der Waals surface area contributed by atoms with E-state index in [9.17, 15) is 19.2 Å². The van der Waals surface area contributed by atoms with Crippen molar-refractivity contribution in [3.63, 3.8) is 0 Å². The molecule has 0 bridgehead atoms. The number of carbonyl (C=O) groups is 4. The van der Waals surface area contributed by atoms with Gasteiger partial charge in [-0.2, -0.15) is 0 Å². The third-order valence-corrected chi connectivity index (χ3v) is 5.26. The van der Waals surface area contributed by atoms with E-state index in [1.165, 1.54) is 18.1 Å². The summed E-state index contributed by atoms with van der Waals surface area (Å²) in [4.78, 5) is 52.6. The number of methoxy groups -OCH3 is 1. The van der Waals surface area contributed by atoms with E-state index >= 15 is 0 Å². The van der Waals surface area contributed by atoms with Crippen molar-refractivity contribution in [2.24, 2.45) is 5.92 Å². The quantitative estimate of drug-likeness (QED) is 0.385. The molecule has 1 rings (SSSR count). The first kappa shape index (κ1) is 29.7. The number of aryl methyl sites for hydroxylation is 2. The predicted octanol–water partition coefficient (Wildman–Crippen LogP) is 3.20. The van der Waals surface area contributed by atoms with Crippen molar-refractivity contribution < 1.29 is 28.7 Å². The highest BCUT2D eigenvalue weighted by Crippen LogP contribution is 2.26. The second kappa shape index (κ2) is 12.9. The minimum atomic E-state index is -1.08. The smallest absolute Gasteiger partial charge is 0.408 e. The van der Waals surface area contributed by atoms with Gasteiger partial charge in [0.15, 0.2) is 0 Å². The number of amides is 3. The summed E-state index contributed by atoms with van der Waals surface area (Å²) in [6, 6.07) is 3.41. The predicted molar refractivity (Wildman–Crippen MR) is 134 cm³/mol. The Bertz CT molecular complexity index is 936. The van der Waals surface area contributed by atoms with E-state index in [1.54, 1.807) is 40.7 Å². The summed E-state index contributed by atoms with van der Waals surface area (Å²) in [6.07, 6.45) is 0.769. The second-order valence-electron chi connectivity index (χ2n) is 9.69. The molecule has 2 atom stereocenters. The van der Waals surface area contributed by atoms with Gasteiger partial charge in [-0.1, -0.05) is 38.1 Å². The zero-order chi connectivity index (χ0) is 26.9. The van der Waals surface area contributed by atoms with Crippen LogP contribution < -0.4 is 10.6 Å². The van der Waals surface area contributed by atoms with E-state index in [2.05, 4.69) is 21.9 Å². The van der Waals surface area contributed by atoms with Crippen LogP contribution in [0, 0.1) is 19.8 Å². The molecule has 1 aromatic rings. The maximum atomic E-state index is 13.8. The Morgan fingerprint density at radius 2 is 1.74 bits per heavy atom. The first-order chi connectivity index (χ1) is 16.2. The van der Waals surface area contributed by atoms with Crippen LogP contribution in [0.15, 0.2) is 30.9 Å². The first-order valence-corrected chi connectivity index (χ1v) is 11.5. The lowest BCUT2D eigenvalue weighted by Gasteiger charge is -2.35. The third kappa shape index (κ3) is 9.07. The number of rotatable bonds is 10. The van der Waals surface area contributed by atoms with E-state index in [1.807, 2.05) is 26.0 Å². The van der Waals surface area contributed by atoms with Crippen LogP contribution in [0.3, 0.4) is 0 Å². The maximum absolute atomic E-state index is 13.8. The largest absolute Gasteiger partial charge is 0.468 e. The Kier molecular flexibility index (Phi) is 11.0. The fourth-order valence-electron chi connectivity index (χ4n) is 3.32. The molecule has 0 radical (unpaired) electrons. The van der Waals surface area contributed by atoms with E-state index in [0.29, 0.717) is 5.56 Å². The average Bonchev–Trinajstić information content (AvgIpc) is 2.75. The lowest BCUT2D eigenvalue weighted by atomic mass is 9.96. The van der Waals surface area contributed by atoms with Gasteiger partial charge in [-0.15, -0.1) is 6.58 Å². The van der Waals surface area contributed by atoms with Crippen LogP contribution in [0.25, 0.3) is 0 Å². The molecule has 0 aliphatic heterocycles. The molecule has 1 aromatic carbocycles. The molecule has 2 N–H and O–H groups in total. The number of benzene rings is 1. The molecule has 0 aromatic heterocycles. The summed E-state index contributed by atoms with van der Waals surface area (Å²) in [7, 11) is 1.22. The molecule has 0 aliphatic carbocycles. The number of esters is 1. The van der Waals surface area contributed by atoms with Crippen molar-refractivity contribution in [1.82, 2.24) is 15.5 Å². The summed E-state index contributed by atoms with van der Waals surface area (Å²) >= 11 is 0. The topological polar surface area (TPSA) is 114 Å². The normalized spacial score (nSPS) is 12.8. The highest BCUT2D eigenvalue weighted by atomic mass is 16.6. The Labute approximate surface area is 208 Å². The molecule has 0 fully saturated rings. The van der Waals surface area contributed by atoms with Gasteiger partial charge in [-0.25, -0.2) is 4.79 Å². The Morgan fingerprint density at radius 3 is 2.23 bits per heavy atom. The average molecular weight is 490 g/mol. The third-order valence-electron chi connectivity index (χ3n) is 5.26. The number of nitrogens with zero attached hydrogens (tertiary/aromatic N) is 1. The lowest BCUT2D eigenvalue weighted by molar-refractivity contribution is -0.144. The van der Waals surface area contributed by atoms with E-state index < -0.39 is 41.6 Å². The first-order valence-electron chi connectivity index (χ1n) is 11.5. The minimum absolute atomic E-state index is 0.0291. The standard InChI is InChI=1S/C26H39N3O6/c1-10-13-29(24(32)21(16(2)3)28-25(33)35-26(6,7)8)22(23(31)27-15-20(30)34-9)19-12-11-17(4)18(5)14-19/h10-12,14,16,21-22H,1,13,15H2,2-9H3,(H,27,31)(H,28,33). The van der Waals surface area contributed by atoms with Gasteiger partial charge >= 0.3 is 12.1 Å². The molecule has 9 nitrogen and oxygen atoms in total. The van der Waals surface area contributed by atoms with Crippen LogP contribution in [0.4, 0.5) is 4.79 Å². The van der Waals surface area contributed by atoms with Gasteiger partial charge in [0.05, 0.1) is 7.11 Å². The van der Waals surface area contributed by atoms with Crippen molar-refractivity contribution in [3.05, 3.63) is 47.5 Å². The molecule has 194 valence electrons. The van der Waals surface area contributed by atoms with Crippen molar-refractivity contribution in [2.75, 3.05) is 20.2 Å². The van der Waals surface area contributed by atoms with Gasteiger partial charge < -0.3 is 25.0 Å². The maximum Gasteiger partial charge on any atom is 0.408 e. The summed E-state index contributed by atoms with van der Waals surface area (Å²) in [5, 5.41) is 5.19. The Hall–Kier alpha value is -3.36. The van der Waals surface area contributed by atoms with Gasteiger partial charge in [-0.3, -0.25) is 14.4 Å². The zero-order valence-electron chi connectivity index (χ0n) is 22.1. The summed E-state index contributed by atoms with van der Waals surface area (Å²) in [5.74, 6) is -1.97. The van der Waals surface area contributed by atoms with Gasteiger partial charge in [-0.05, 0) is 57.2 Å². The van der Waals surface area contributed by atoms with Crippen molar-refractivity contribution in [1.29, 1.82) is 0 Å². The fraction of sp³-hybridized carbons (Fsp3) is 0.538. The summed E-state index contributed by atoms with van der Waals surface area (Å²) in [5.41, 5.74) is 1.78. The zero-order valence-corrected chi connectivity index (χ0v) is 22.1. The molecule has 0 aliphatic rings. The van der Waals surface area contributed by atoms with Crippen LogP contribution in [-0.4, -0.2) is 60.6 Å². The van der Waals surface area contributed by atoms with Crippen LogP contribution >= 0.6 is 0 Å². The molecule has 0 saturated carbocycles. The van der Waals surface area contributed by atoms with Crippen molar-refractivity contribution >= 4 is 23.9 Å². The lowest BCUT2D eigenvalue weighted by Crippen LogP contribution is -2.55. The van der Waals surface area contributed by atoms with E-state index in [-0.39, 0.29) is 19.0 Å². The number of alkyl carbamates (subject to hydrolysis) is 1. The van der Waals surface area contributed by atoms with Crippen LogP contribution in [0.2, 0.25) is 0 Å². The molecule has 0 heterocycles. The van der Waals surface area contributed by atoms with Crippen LogP contribution in [-0.2, 0) is 23.9 Å². The number of carbonyl (C=O) groups excluding carboxylic acids is 4. The molecule has 9 heteroatoms. The molecule has 2 unspecified atom stereocenters. The molecule has 35 heavy (non-hydrogen) atoms. The monoisotopic (exact) mass is 489 g/mol. The van der Waals surface area contributed by atoms with E-state index in [0.717, 1.165) is 11.1 Å². The number of hydrogen-bond donors (Lipinski definition) is 2. The highest BCUT2D eigenvalue weighted by molar-refractivity contribution is 5.93. The summed E-state index contributed by atoms with van der Waals surface area (Å²) in [6.45, 7) is 16.0. The minimum Gasteiger partial charge on any atom is -0.468 e. The van der Waals surface area contributed by atoms with Crippen LogP contribution in [0.5, 0.6) is 0 Å². The van der Waals surface area contributed by atoms with Gasteiger partial charge in [0, 0.05) is 6.54 Å². The van der Waals surface area contributed by atoms with Crippen molar-refractivity contribution in [2.45, 2.75) is 66.2 Å². The summed E-state index contributed by atoms with van der Waals surface area (Å²) < 4.78 is 9.95. The van der Waals surface area contributed by atoms with E-state index in [4.69, 9.17) is 4.74 Å². The molecular formula is C26H39N3O6. The molecule has 0 saturated heterocycles. The van der Waals surface area contributed by atoms with Crippen LogP contribution in [0.1, 0.15) is 57.4 Å². The second-order valence-corrected chi connectivity index (χ2v) is 9.69. The van der Waals surface area contributed by atoms with Gasteiger partial charge in [0.1, 0.15) is 24.2 Å². The van der Waals surface area contributed by atoms with Crippen molar-refractivity contribution in [3.8, 4) is 0 Å². The Morgan fingerprint density at radius 1 is 1.11 bits per heavy atom. The van der Waals surface area contributed by atoms with Gasteiger partial charge in [0.2, 0.25) is 11.8 Å². The molecular weight excluding hydrogens is 450 g/mol. The fourth-order valence-corrected chi connectivity index (χ4v) is 3.32.